The van der Waals surface area contributed by atoms with E-state index in [9.17, 15) is 14.4 Å². The standard InChI is InChI=1S/C15H28N2O4/c1-7-16-11(18)10-17(8-2)13(19)12(15(4,5)6)14(20)21-9-3/h12H,7-10H2,1-6H3,(H,16,18). The van der Waals surface area contributed by atoms with Gasteiger partial charge in [0, 0.05) is 13.1 Å². The van der Waals surface area contributed by atoms with Crippen molar-refractivity contribution in [2.24, 2.45) is 11.3 Å². The van der Waals surface area contributed by atoms with Gasteiger partial charge in [-0.1, -0.05) is 20.8 Å². The first-order valence-electron chi connectivity index (χ1n) is 7.41. The van der Waals surface area contributed by atoms with E-state index in [0.29, 0.717) is 13.1 Å². The molecule has 0 aliphatic rings. The molecule has 21 heavy (non-hydrogen) atoms. The lowest BCUT2D eigenvalue weighted by molar-refractivity contribution is -0.161. The Morgan fingerprint density at radius 2 is 1.71 bits per heavy atom. The van der Waals surface area contributed by atoms with Gasteiger partial charge in [0.15, 0.2) is 0 Å². The summed E-state index contributed by atoms with van der Waals surface area (Å²) in [5.74, 6) is -2.05. The van der Waals surface area contributed by atoms with E-state index in [1.165, 1.54) is 4.90 Å². The third kappa shape index (κ3) is 6.14. The van der Waals surface area contributed by atoms with E-state index in [1.807, 2.05) is 27.7 Å². The Morgan fingerprint density at radius 1 is 1.14 bits per heavy atom. The summed E-state index contributed by atoms with van der Waals surface area (Å²) in [5, 5.41) is 2.65. The molecule has 0 aromatic heterocycles. The Balaban J connectivity index is 5.15. The molecule has 1 N–H and O–H groups in total. The van der Waals surface area contributed by atoms with Gasteiger partial charge < -0.3 is 15.0 Å². The molecule has 0 fully saturated rings. The van der Waals surface area contributed by atoms with Gasteiger partial charge in [0.1, 0.15) is 5.92 Å². The Kier molecular flexibility index (Phi) is 7.99. The van der Waals surface area contributed by atoms with Crippen molar-refractivity contribution in [3.8, 4) is 0 Å². The topological polar surface area (TPSA) is 75.7 Å². The molecule has 0 aromatic carbocycles. The SMILES string of the molecule is CCNC(=O)CN(CC)C(=O)C(C(=O)OCC)C(C)(C)C. The summed E-state index contributed by atoms with van der Waals surface area (Å²) in [6.45, 7) is 11.8. The molecule has 1 unspecified atom stereocenters. The zero-order valence-electron chi connectivity index (χ0n) is 14.0. The van der Waals surface area contributed by atoms with Crippen molar-refractivity contribution < 1.29 is 19.1 Å². The number of ether oxygens (including phenoxy) is 1. The minimum absolute atomic E-state index is 0.0465. The second-order valence-corrected chi connectivity index (χ2v) is 5.86. The van der Waals surface area contributed by atoms with E-state index in [2.05, 4.69) is 5.32 Å². The molecule has 0 aromatic rings. The van der Waals surface area contributed by atoms with Crippen LogP contribution >= 0.6 is 0 Å². The summed E-state index contributed by atoms with van der Waals surface area (Å²) in [4.78, 5) is 37.8. The molecule has 0 bridgehead atoms. The Hall–Kier alpha value is -1.59. The number of esters is 1. The average molecular weight is 300 g/mol. The van der Waals surface area contributed by atoms with Crippen LogP contribution in [0.3, 0.4) is 0 Å². The maximum Gasteiger partial charge on any atom is 0.319 e. The largest absolute Gasteiger partial charge is 0.465 e. The number of amides is 2. The number of carbonyl (C=O) groups is 3. The lowest BCUT2D eigenvalue weighted by Crippen LogP contribution is -2.49. The highest BCUT2D eigenvalue weighted by Gasteiger charge is 2.41. The van der Waals surface area contributed by atoms with E-state index < -0.39 is 17.3 Å². The predicted octanol–water partition coefficient (Wildman–Crippen LogP) is 1.20. The van der Waals surface area contributed by atoms with Crippen LogP contribution in [0.1, 0.15) is 41.5 Å². The summed E-state index contributed by atoms with van der Waals surface area (Å²) >= 11 is 0. The predicted molar refractivity (Wildman–Crippen MR) is 80.5 cm³/mol. The van der Waals surface area contributed by atoms with Crippen LogP contribution in [0.25, 0.3) is 0 Å². The minimum Gasteiger partial charge on any atom is -0.465 e. The molecule has 0 heterocycles. The fourth-order valence-electron chi connectivity index (χ4n) is 2.00. The molecule has 0 radical (unpaired) electrons. The highest BCUT2D eigenvalue weighted by Crippen LogP contribution is 2.29. The fourth-order valence-corrected chi connectivity index (χ4v) is 2.00. The smallest absolute Gasteiger partial charge is 0.319 e. The molecule has 122 valence electrons. The van der Waals surface area contributed by atoms with Crippen LogP contribution in [-0.4, -0.2) is 48.9 Å². The number of carbonyl (C=O) groups excluding carboxylic acids is 3. The quantitative estimate of drug-likeness (QED) is 0.566. The van der Waals surface area contributed by atoms with Crippen LogP contribution in [0.5, 0.6) is 0 Å². The van der Waals surface area contributed by atoms with Crippen LogP contribution in [-0.2, 0) is 19.1 Å². The number of hydrogen-bond acceptors (Lipinski definition) is 4. The third-order valence-corrected chi connectivity index (χ3v) is 3.04. The fraction of sp³-hybridized carbons (Fsp3) is 0.800. The van der Waals surface area contributed by atoms with Crippen molar-refractivity contribution in [1.29, 1.82) is 0 Å². The number of rotatable bonds is 7. The van der Waals surface area contributed by atoms with Crippen molar-refractivity contribution in [3.63, 3.8) is 0 Å². The van der Waals surface area contributed by atoms with Crippen molar-refractivity contribution >= 4 is 17.8 Å². The number of likely N-dealkylation sites (N-methyl/N-ethyl adjacent to an activating group) is 2. The van der Waals surface area contributed by atoms with Gasteiger partial charge in [0.05, 0.1) is 13.2 Å². The molecule has 1 atom stereocenters. The molecule has 0 spiro atoms. The molecule has 0 saturated heterocycles. The summed E-state index contributed by atoms with van der Waals surface area (Å²) < 4.78 is 5.01. The van der Waals surface area contributed by atoms with E-state index in [0.717, 1.165) is 0 Å². The average Bonchev–Trinajstić information content (AvgIpc) is 2.34. The van der Waals surface area contributed by atoms with Crippen LogP contribution in [0.2, 0.25) is 0 Å². The second-order valence-electron chi connectivity index (χ2n) is 5.86. The molecule has 0 aliphatic carbocycles. The molecular formula is C15H28N2O4. The second kappa shape index (κ2) is 8.64. The zero-order valence-corrected chi connectivity index (χ0v) is 14.0. The number of nitrogens with one attached hydrogen (secondary N) is 1. The van der Waals surface area contributed by atoms with Gasteiger partial charge in [0.25, 0.3) is 0 Å². The molecule has 6 nitrogen and oxygen atoms in total. The van der Waals surface area contributed by atoms with E-state index in [-0.39, 0.29) is 25.0 Å². The first kappa shape index (κ1) is 19.4. The summed E-state index contributed by atoms with van der Waals surface area (Å²) in [5.41, 5.74) is -0.571. The Labute approximate surface area is 127 Å². The molecule has 0 saturated carbocycles. The number of hydrogen-bond donors (Lipinski definition) is 1. The van der Waals surface area contributed by atoms with Gasteiger partial charge in [-0.05, 0) is 26.2 Å². The van der Waals surface area contributed by atoms with Crippen molar-refractivity contribution in [2.45, 2.75) is 41.5 Å². The molecular weight excluding hydrogens is 272 g/mol. The summed E-state index contributed by atoms with van der Waals surface area (Å²) in [6, 6.07) is 0. The Bertz CT molecular complexity index is 374. The van der Waals surface area contributed by atoms with Crippen molar-refractivity contribution in [2.75, 3.05) is 26.2 Å². The normalized spacial score (nSPS) is 12.5. The molecule has 2 amide bonds. The minimum atomic E-state index is -0.910. The zero-order chi connectivity index (χ0) is 16.6. The van der Waals surface area contributed by atoms with Crippen LogP contribution in [0.15, 0.2) is 0 Å². The maximum absolute atomic E-state index is 12.6. The Morgan fingerprint density at radius 3 is 2.10 bits per heavy atom. The van der Waals surface area contributed by atoms with Gasteiger partial charge in [-0.2, -0.15) is 0 Å². The van der Waals surface area contributed by atoms with Crippen molar-refractivity contribution in [3.05, 3.63) is 0 Å². The summed E-state index contributed by atoms with van der Waals surface area (Å²) in [6.07, 6.45) is 0. The lowest BCUT2D eigenvalue weighted by Gasteiger charge is -2.32. The summed E-state index contributed by atoms with van der Waals surface area (Å²) in [7, 11) is 0. The van der Waals surface area contributed by atoms with E-state index >= 15 is 0 Å². The molecule has 6 heteroatoms. The van der Waals surface area contributed by atoms with Crippen LogP contribution < -0.4 is 5.32 Å². The van der Waals surface area contributed by atoms with Crippen LogP contribution in [0.4, 0.5) is 0 Å². The highest BCUT2D eigenvalue weighted by molar-refractivity contribution is 5.99. The monoisotopic (exact) mass is 300 g/mol. The van der Waals surface area contributed by atoms with Crippen molar-refractivity contribution in [1.82, 2.24) is 10.2 Å². The van der Waals surface area contributed by atoms with E-state index in [4.69, 9.17) is 4.74 Å². The lowest BCUT2D eigenvalue weighted by atomic mass is 9.79. The number of nitrogens with zero attached hydrogens (tertiary/aromatic N) is 1. The van der Waals surface area contributed by atoms with Gasteiger partial charge in [0.2, 0.25) is 11.8 Å². The first-order chi connectivity index (χ1) is 9.68. The molecule has 0 rings (SSSR count). The third-order valence-electron chi connectivity index (χ3n) is 3.04. The van der Waals surface area contributed by atoms with Crippen LogP contribution in [0, 0.1) is 11.3 Å². The first-order valence-corrected chi connectivity index (χ1v) is 7.41. The van der Waals surface area contributed by atoms with Gasteiger partial charge in [-0.25, -0.2) is 0 Å². The van der Waals surface area contributed by atoms with Gasteiger partial charge in [-0.3, -0.25) is 14.4 Å². The molecule has 0 aliphatic heterocycles. The van der Waals surface area contributed by atoms with E-state index in [1.54, 1.807) is 13.8 Å². The highest BCUT2D eigenvalue weighted by atomic mass is 16.5. The van der Waals surface area contributed by atoms with Gasteiger partial charge in [-0.15, -0.1) is 0 Å². The maximum atomic E-state index is 12.6. The van der Waals surface area contributed by atoms with Gasteiger partial charge >= 0.3 is 5.97 Å².